The molecule has 0 aliphatic rings. The maximum absolute atomic E-state index is 11.2. The molecule has 1 amide bonds. The normalized spacial score (nSPS) is 10.7. The Bertz CT molecular complexity index is 653. The van der Waals surface area contributed by atoms with Crippen LogP contribution in [0.3, 0.4) is 0 Å². The molecule has 0 saturated carbocycles. The number of halogens is 1. The van der Waals surface area contributed by atoms with Gasteiger partial charge in [0.2, 0.25) is 5.91 Å². The quantitative estimate of drug-likeness (QED) is 0.878. The van der Waals surface area contributed by atoms with Gasteiger partial charge in [-0.25, -0.2) is 0 Å². The largest absolute Gasteiger partial charge is 0.489 e. The van der Waals surface area contributed by atoms with Crippen molar-refractivity contribution in [1.82, 2.24) is 0 Å². The van der Waals surface area contributed by atoms with E-state index in [4.69, 9.17) is 10.5 Å². The Morgan fingerprint density at radius 1 is 1.24 bits per heavy atom. The SMILES string of the molecule is CC(C)c1cc(Br)ccc1OCc1cccc(C(N)=O)c1. The third-order valence-corrected chi connectivity index (χ3v) is 3.69. The molecule has 0 unspecified atom stereocenters. The van der Waals surface area contributed by atoms with Crippen molar-refractivity contribution in [2.24, 2.45) is 5.73 Å². The predicted molar refractivity (Wildman–Crippen MR) is 87.5 cm³/mol. The molecule has 0 fully saturated rings. The first-order valence-electron chi connectivity index (χ1n) is 6.78. The third kappa shape index (κ3) is 4.08. The molecule has 0 atom stereocenters. The molecule has 0 bridgehead atoms. The molecule has 0 spiro atoms. The number of hydrogen-bond donors (Lipinski definition) is 1. The van der Waals surface area contributed by atoms with Crippen LogP contribution in [0.1, 0.15) is 41.3 Å². The van der Waals surface area contributed by atoms with Crippen molar-refractivity contribution in [1.29, 1.82) is 0 Å². The minimum atomic E-state index is -0.427. The number of carbonyl (C=O) groups is 1. The molecule has 2 rings (SSSR count). The Balaban J connectivity index is 2.16. The summed E-state index contributed by atoms with van der Waals surface area (Å²) in [5.41, 5.74) is 7.85. The first kappa shape index (κ1) is 15.6. The maximum Gasteiger partial charge on any atom is 0.248 e. The number of ether oxygens (including phenoxy) is 1. The van der Waals surface area contributed by atoms with Crippen molar-refractivity contribution >= 4 is 21.8 Å². The second-order valence-corrected chi connectivity index (χ2v) is 6.11. The van der Waals surface area contributed by atoms with E-state index >= 15 is 0 Å². The van der Waals surface area contributed by atoms with E-state index in [-0.39, 0.29) is 0 Å². The van der Waals surface area contributed by atoms with E-state index in [0.717, 1.165) is 21.3 Å². The van der Waals surface area contributed by atoms with Crippen LogP contribution >= 0.6 is 15.9 Å². The summed E-state index contributed by atoms with van der Waals surface area (Å²) in [6.07, 6.45) is 0. The van der Waals surface area contributed by atoms with E-state index < -0.39 is 5.91 Å². The van der Waals surface area contributed by atoms with Gasteiger partial charge in [0.05, 0.1) is 0 Å². The van der Waals surface area contributed by atoms with Crippen molar-refractivity contribution in [2.75, 3.05) is 0 Å². The zero-order valence-corrected chi connectivity index (χ0v) is 13.7. The van der Waals surface area contributed by atoms with Crippen molar-refractivity contribution in [3.8, 4) is 5.75 Å². The summed E-state index contributed by atoms with van der Waals surface area (Å²) in [6, 6.07) is 13.2. The lowest BCUT2D eigenvalue weighted by atomic mass is 10.0. The lowest BCUT2D eigenvalue weighted by Gasteiger charge is -2.14. The van der Waals surface area contributed by atoms with Gasteiger partial charge >= 0.3 is 0 Å². The zero-order valence-electron chi connectivity index (χ0n) is 12.1. The summed E-state index contributed by atoms with van der Waals surface area (Å²) < 4.78 is 6.94. The number of nitrogens with two attached hydrogens (primary N) is 1. The smallest absolute Gasteiger partial charge is 0.248 e. The molecule has 0 saturated heterocycles. The summed E-state index contributed by atoms with van der Waals surface area (Å²) >= 11 is 3.48. The van der Waals surface area contributed by atoms with E-state index in [2.05, 4.69) is 35.8 Å². The Kier molecular flexibility index (Phi) is 5.02. The number of benzene rings is 2. The molecule has 2 aromatic rings. The molecule has 0 aliphatic carbocycles. The van der Waals surface area contributed by atoms with Gasteiger partial charge in [0.15, 0.2) is 0 Å². The van der Waals surface area contributed by atoms with Crippen LogP contribution in [0.15, 0.2) is 46.9 Å². The lowest BCUT2D eigenvalue weighted by Crippen LogP contribution is -2.11. The number of hydrogen-bond acceptors (Lipinski definition) is 2. The molecule has 0 radical (unpaired) electrons. The van der Waals surface area contributed by atoms with Gasteiger partial charge in [-0.3, -0.25) is 4.79 Å². The van der Waals surface area contributed by atoms with Gasteiger partial charge in [-0.05, 0) is 47.4 Å². The summed E-state index contributed by atoms with van der Waals surface area (Å²) in [7, 11) is 0. The molecule has 0 aliphatic heterocycles. The van der Waals surface area contributed by atoms with Crippen molar-refractivity contribution in [3.05, 3.63) is 63.6 Å². The molecule has 4 heteroatoms. The number of carbonyl (C=O) groups excluding carboxylic acids is 1. The van der Waals surface area contributed by atoms with Crippen LogP contribution in [-0.2, 0) is 6.61 Å². The molecule has 110 valence electrons. The number of primary amides is 1. The Morgan fingerprint density at radius 2 is 2.00 bits per heavy atom. The van der Waals surface area contributed by atoms with Crippen LogP contribution in [-0.4, -0.2) is 5.91 Å². The van der Waals surface area contributed by atoms with Gasteiger partial charge in [0.1, 0.15) is 12.4 Å². The highest BCUT2D eigenvalue weighted by Crippen LogP contribution is 2.30. The van der Waals surface area contributed by atoms with Gasteiger partial charge < -0.3 is 10.5 Å². The first-order valence-corrected chi connectivity index (χ1v) is 7.57. The minimum absolute atomic E-state index is 0.370. The molecule has 3 nitrogen and oxygen atoms in total. The fourth-order valence-corrected chi connectivity index (χ4v) is 2.46. The van der Waals surface area contributed by atoms with E-state index in [1.807, 2.05) is 24.3 Å². The Morgan fingerprint density at radius 3 is 2.67 bits per heavy atom. The summed E-state index contributed by atoms with van der Waals surface area (Å²) in [5.74, 6) is 0.801. The van der Waals surface area contributed by atoms with E-state index in [1.165, 1.54) is 0 Å². The van der Waals surface area contributed by atoms with Crippen LogP contribution in [0.5, 0.6) is 5.75 Å². The van der Waals surface area contributed by atoms with Gasteiger partial charge in [0, 0.05) is 10.0 Å². The van der Waals surface area contributed by atoms with Gasteiger partial charge in [0.25, 0.3) is 0 Å². The van der Waals surface area contributed by atoms with E-state index in [0.29, 0.717) is 18.1 Å². The lowest BCUT2D eigenvalue weighted by molar-refractivity contribution is 0.1000. The number of rotatable bonds is 5. The summed E-state index contributed by atoms with van der Waals surface area (Å²) in [6.45, 7) is 4.66. The van der Waals surface area contributed by atoms with E-state index in [1.54, 1.807) is 12.1 Å². The van der Waals surface area contributed by atoms with Gasteiger partial charge in [-0.1, -0.05) is 41.9 Å². The molecular weight excluding hydrogens is 330 g/mol. The Hall–Kier alpha value is -1.81. The molecule has 21 heavy (non-hydrogen) atoms. The molecule has 0 aromatic heterocycles. The van der Waals surface area contributed by atoms with Crippen LogP contribution in [0.25, 0.3) is 0 Å². The molecular formula is C17H18BrNO2. The molecule has 0 heterocycles. The second-order valence-electron chi connectivity index (χ2n) is 5.19. The highest BCUT2D eigenvalue weighted by molar-refractivity contribution is 9.10. The average molecular weight is 348 g/mol. The van der Waals surface area contributed by atoms with Crippen LogP contribution < -0.4 is 10.5 Å². The van der Waals surface area contributed by atoms with Crippen molar-refractivity contribution in [3.63, 3.8) is 0 Å². The third-order valence-electron chi connectivity index (χ3n) is 3.20. The summed E-state index contributed by atoms with van der Waals surface area (Å²) in [4.78, 5) is 11.2. The fourth-order valence-electron chi connectivity index (χ4n) is 2.08. The highest BCUT2D eigenvalue weighted by Gasteiger charge is 2.09. The van der Waals surface area contributed by atoms with Crippen LogP contribution in [0, 0.1) is 0 Å². The van der Waals surface area contributed by atoms with Gasteiger partial charge in [-0.15, -0.1) is 0 Å². The zero-order chi connectivity index (χ0) is 15.4. The molecule has 2 N–H and O–H groups in total. The van der Waals surface area contributed by atoms with E-state index in [9.17, 15) is 4.79 Å². The average Bonchev–Trinajstić information content (AvgIpc) is 2.46. The second kappa shape index (κ2) is 6.76. The van der Waals surface area contributed by atoms with Crippen LogP contribution in [0.2, 0.25) is 0 Å². The summed E-state index contributed by atoms with van der Waals surface area (Å²) in [5, 5.41) is 0. The Labute approximate surface area is 133 Å². The molecule has 2 aromatic carbocycles. The van der Waals surface area contributed by atoms with Crippen molar-refractivity contribution in [2.45, 2.75) is 26.4 Å². The standard InChI is InChI=1S/C17H18BrNO2/c1-11(2)15-9-14(18)6-7-16(15)21-10-12-4-3-5-13(8-12)17(19)20/h3-9,11H,10H2,1-2H3,(H2,19,20). The topological polar surface area (TPSA) is 52.3 Å². The van der Waals surface area contributed by atoms with Crippen LogP contribution in [0.4, 0.5) is 0 Å². The fraction of sp³-hybridized carbons (Fsp3) is 0.235. The van der Waals surface area contributed by atoms with Gasteiger partial charge in [-0.2, -0.15) is 0 Å². The predicted octanol–water partition coefficient (Wildman–Crippen LogP) is 4.25. The highest BCUT2D eigenvalue weighted by atomic mass is 79.9. The minimum Gasteiger partial charge on any atom is -0.489 e. The number of amides is 1. The monoisotopic (exact) mass is 347 g/mol. The first-order chi connectivity index (χ1) is 9.97. The maximum atomic E-state index is 11.2. The van der Waals surface area contributed by atoms with Crippen molar-refractivity contribution < 1.29 is 9.53 Å².